The van der Waals surface area contributed by atoms with Gasteiger partial charge in [0.25, 0.3) is 11.8 Å². The Hall–Kier alpha value is -3.93. The number of barbiturate groups is 1. The lowest BCUT2D eigenvalue weighted by Gasteiger charge is -2.26. The molecule has 1 N–H and O–H groups in total. The number of aromatic nitrogens is 1. The van der Waals surface area contributed by atoms with Gasteiger partial charge in [0, 0.05) is 17.1 Å². The predicted molar refractivity (Wildman–Crippen MR) is 125 cm³/mol. The summed E-state index contributed by atoms with van der Waals surface area (Å²) in [7, 11) is 0. The van der Waals surface area contributed by atoms with Crippen molar-refractivity contribution in [3.63, 3.8) is 0 Å². The number of benzene rings is 2. The Labute approximate surface area is 187 Å². The summed E-state index contributed by atoms with van der Waals surface area (Å²) in [6.07, 6.45) is 1.56. The molecule has 1 saturated heterocycles. The minimum absolute atomic E-state index is 0.0782. The van der Waals surface area contributed by atoms with Crippen LogP contribution in [0.5, 0.6) is 0 Å². The third-order valence-corrected chi connectivity index (χ3v) is 5.91. The number of urea groups is 1. The molecule has 0 radical (unpaired) electrons. The molecule has 1 fully saturated rings. The van der Waals surface area contributed by atoms with Gasteiger partial charge in [-0.3, -0.25) is 14.9 Å². The SMILES string of the molecule is Cc1ccc(N2C(=O)NC(=O)/C(=C\c3cc(C)n(-c4ccc(C)c(C)c4)c3C)C2=O)cc1. The standard InChI is InChI=1S/C26H25N3O3/c1-15-6-9-21(10-7-15)29-25(31)23(24(30)27-26(29)32)14-20-13-18(4)28(19(20)5)22-11-8-16(2)17(3)12-22/h6-14H,1-5H3,(H,27,30,32)/b23-14+. The minimum Gasteiger partial charge on any atom is -0.318 e. The summed E-state index contributed by atoms with van der Waals surface area (Å²) >= 11 is 0. The van der Waals surface area contributed by atoms with Crippen LogP contribution in [0.4, 0.5) is 10.5 Å². The van der Waals surface area contributed by atoms with Crippen molar-refractivity contribution in [3.05, 3.63) is 87.7 Å². The van der Waals surface area contributed by atoms with Crippen LogP contribution in [-0.2, 0) is 9.59 Å². The molecular weight excluding hydrogens is 402 g/mol. The highest BCUT2D eigenvalue weighted by Crippen LogP contribution is 2.27. The van der Waals surface area contributed by atoms with Gasteiger partial charge in [0.2, 0.25) is 0 Å². The van der Waals surface area contributed by atoms with Gasteiger partial charge in [-0.1, -0.05) is 23.8 Å². The minimum atomic E-state index is -0.749. The zero-order valence-electron chi connectivity index (χ0n) is 18.8. The summed E-state index contributed by atoms with van der Waals surface area (Å²) < 4.78 is 2.09. The largest absolute Gasteiger partial charge is 0.335 e. The van der Waals surface area contributed by atoms with E-state index >= 15 is 0 Å². The molecule has 32 heavy (non-hydrogen) atoms. The number of carbonyl (C=O) groups is 3. The van der Waals surface area contributed by atoms with Gasteiger partial charge < -0.3 is 4.57 Å². The highest BCUT2D eigenvalue weighted by atomic mass is 16.2. The Morgan fingerprint density at radius 2 is 1.44 bits per heavy atom. The normalized spacial score (nSPS) is 15.5. The van der Waals surface area contributed by atoms with Crippen LogP contribution < -0.4 is 10.2 Å². The van der Waals surface area contributed by atoms with E-state index in [9.17, 15) is 14.4 Å². The highest BCUT2D eigenvalue weighted by Gasteiger charge is 2.37. The van der Waals surface area contributed by atoms with Crippen molar-refractivity contribution >= 4 is 29.6 Å². The van der Waals surface area contributed by atoms with Gasteiger partial charge in [-0.2, -0.15) is 0 Å². The molecule has 0 spiro atoms. The number of hydrogen-bond donors (Lipinski definition) is 1. The molecule has 1 aromatic heterocycles. The molecule has 0 bridgehead atoms. The van der Waals surface area contributed by atoms with Crippen molar-refractivity contribution in [2.45, 2.75) is 34.6 Å². The second-order valence-electron chi connectivity index (χ2n) is 8.22. The van der Waals surface area contributed by atoms with Gasteiger partial charge in [-0.25, -0.2) is 9.69 Å². The fraction of sp³-hybridized carbons (Fsp3) is 0.192. The van der Waals surface area contributed by atoms with E-state index in [0.717, 1.165) is 33.1 Å². The van der Waals surface area contributed by atoms with Gasteiger partial charge >= 0.3 is 6.03 Å². The zero-order valence-corrected chi connectivity index (χ0v) is 18.8. The van der Waals surface area contributed by atoms with Crippen LogP contribution in [0.2, 0.25) is 0 Å². The molecule has 6 nitrogen and oxygen atoms in total. The maximum Gasteiger partial charge on any atom is 0.335 e. The van der Waals surface area contributed by atoms with E-state index in [1.165, 1.54) is 11.1 Å². The molecule has 2 aromatic carbocycles. The van der Waals surface area contributed by atoms with Crippen molar-refractivity contribution in [1.29, 1.82) is 0 Å². The molecule has 162 valence electrons. The van der Waals surface area contributed by atoms with Gasteiger partial charge in [-0.15, -0.1) is 0 Å². The number of amides is 4. The van der Waals surface area contributed by atoms with Gasteiger partial charge in [0.15, 0.2) is 0 Å². The molecule has 0 atom stereocenters. The molecule has 0 aliphatic carbocycles. The lowest BCUT2D eigenvalue weighted by molar-refractivity contribution is -0.122. The second-order valence-corrected chi connectivity index (χ2v) is 8.22. The first-order valence-electron chi connectivity index (χ1n) is 10.4. The third-order valence-electron chi connectivity index (χ3n) is 5.91. The average Bonchev–Trinajstić information content (AvgIpc) is 3.01. The fourth-order valence-electron chi connectivity index (χ4n) is 3.94. The topological polar surface area (TPSA) is 71.4 Å². The van der Waals surface area contributed by atoms with E-state index in [0.29, 0.717) is 5.69 Å². The molecule has 0 saturated carbocycles. The Kier molecular flexibility index (Phi) is 5.30. The third kappa shape index (κ3) is 3.64. The maximum atomic E-state index is 13.2. The number of hydrogen-bond acceptors (Lipinski definition) is 3. The van der Waals surface area contributed by atoms with Gasteiger partial charge in [0.1, 0.15) is 5.57 Å². The molecule has 3 aromatic rings. The van der Waals surface area contributed by atoms with E-state index < -0.39 is 17.8 Å². The van der Waals surface area contributed by atoms with Crippen LogP contribution in [0, 0.1) is 34.6 Å². The second kappa shape index (κ2) is 7.96. The lowest BCUT2D eigenvalue weighted by atomic mass is 10.1. The molecule has 1 aliphatic heterocycles. The van der Waals surface area contributed by atoms with Crippen molar-refractivity contribution in [3.8, 4) is 5.69 Å². The summed E-state index contributed by atoms with van der Waals surface area (Å²) in [5.74, 6) is -1.34. The Bertz CT molecular complexity index is 1300. The van der Waals surface area contributed by atoms with Crippen molar-refractivity contribution < 1.29 is 14.4 Å². The lowest BCUT2D eigenvalue weighted by Crippen LogP contribution is -2.54. The smallest absolute Gasteiger partial charge is 0.318 e. The Morgan fingerprint density at radius 1 is 0.781 bits per heavy atom. The molecule has 4 amide bonds. The van der Waals surface area contributed by atoms with Gasteiger partial charge in [-0.05, 0) is 87.7 Å². The number of anilines is 1. The predicted octanol–water partition coefficient (Wildman–Crippen LogP) is 4.69. The van der Waals surface area contributed by atoms with Gasteiger partial charge in [0.05, 0.1) is 5.69 Å². The fourth-order valence-corrected chi connectivity index (χ4v) is 3.94. The number of nitrogens with zero attached hydrogens (tertiary/aromatic N) is 2. The Balaban J connectivity index is 1.76. The van der Waals surface area contributed by atoms with Crippen LogP contribution in [0.3, 0.4) is 0 Å². The van der Waals surface area contributed by atoms with E-state index in [1.807, 2.05) is 39.0 Å². The average molecular weight is 428 g/mol. The summed E-state index contributed by atoms with van der Waals surface area (Å²) in [5, 5.41) is 2.28. The first kappa shape index (κ1) is 21.3. The molecule has 6 heteroatoms. The van der Waals surface area contributed by atoms with Crippen LogP contribution >= 0.6 is 0 Å². The Morgan fingerprint density at radius 3 is 2.09 bits per heavy atom. The molecule has 4 rings (SSSR count). The zero-order chi connectivity index (χ0) is 23.2. The maximum absolute atomic E-state index is 13.2. The molecule has 2 heterocycles. The summed E-state index contributed by atoms with van der Waals surface area (Å²) in [4.78, 5) is 39.1. The number of imide groups is 2. The number of carbonyl (C=O) groups excluding carboxylic acids is 3. The van der Waals surface area contributed by atoms with E-state index in [-0.39, 0.29) is 5.57 Å². The monoisotopic (exact) mass is 427 g/mol. The van der Waals surface area contributed by atoms with Crippen molar-refractivity contribution in [1.82, 2.24) is 9.88 Å². The van der Waals surface area contributed by atoms with E-state index in [2.05, 4.69) is 41.9 Å². The molecular formula is C26H25N3O3. The summed E-state index contributed by atoms with van der Waals surface area (Å²) in [6, 6.07) is 14.4. The van der Waals surface area contributed by atoms with E-state index in [4.69, 9.17) is 0 Å². The molecule has 1 aliphatic rings. The number of aryl methyl sites for hydroxylation is 4. The number of rotatable bonds is 3. The summed E-state index contributed by atoms with van der Waals surface area (Å²) in [5.41, 5.74) is 7.38. The number of nitrogens with one attached hydrogen (secondary N) is 1. The molecule has 0 unspecified atom stereocenters. The van der Waals surface area contributed by atoms with Crippen LogP contribution in [0.1, 0.15) is 33.6 Å². The first-order valence-corrected chi connectivity index (χ1v) is 10.4. The quantitative estimate of drug-likeness (QED) is 0.487. The van der Waals surface area contributed by atoms with E-state index in [1.54, 1.807) is 18.2 Å². The van der Waals surface area contributed by atoms with Crippen LogP contribution in [0.15, 0.2) is 54.1 Å². The highest BCUT2D eigenvalue weighted by molar-refractivity contribution is 6.39. The first-order chi connectivity index (χ1) is 15.2. The van der Waals surface area contributed by atoms with Crippen molar-refractivity contribution in [2.75, 3.05) is 4.90 Å². The van der Waals surface area contributed by atoms with Crippen LogP contribution in [0.25, 0.3) is 11.8 Å². The van der Waals surface area contributed by atoms with Crippen LogP contribution in [-0.4, -0.2) is 22.4 Å². The summed E-state index contributed by atoms with van der Waals surface area (Å²) in [6.45, 7) is 9.98. The van der Waals surface area contributed by atoms with Crippen molar-refractivity contribution in [2.24, 2.45) is 0 Å².